The van der Waals surface area contributed by atoms with Gasteiger partial charge in [0.1, 0.15) is 23.0 Å². The number of hydrogen-bond donors (Lipinski definition) is 6. The molecule has 0 fully saturated rings. The summed E-state index contributed by atoms with van der Waals surface area (Å²) in [5.41, 5.74) is -0.957. The van der Waals surface area contributed by atoms with Crippen molar-refractivity contribution >= 4 is 29.8 Å². The predicted molar refractivity (Wildman–Crippen MR) is 149 cm³/mol. The van der Waals surface area contributed by atoms with Crippen LogP contribution in [0.4, 0.5) is 0 Å². The summed E-state index contributed by atoms with van der Waals surface area (Å²) in [6, 6.07) is 11.8. The fourth-order valence-electron chi connectivity index (χ4n) is 5.74. The zero-order valence-corrected chi connectivity index (χ0v) is 23.3. The Labute approximate surface area is 253 Å². The number of fused-ring (bicyclic) bond motifs is 6. The van der Waals surface area contributed by atoms with Crippen LogP contribution in [0.2, 0.25) is 0 Å². The minimum absolute atomic E-state index is 0.0670. The van der Waals surface area contributed by atoms with Crippen LogP contribution in [0.5, 0.6) is 23.0 Å². The van der Waals surface area contributed by atoms with Gasteiger partial charge in [-0.05, 0) is 30.3 Å². The summed E-state index contributed by atoms with van der Waals surface area (Å²) in [4.78, 5) is 61.4. The number of aromatic hydroxyl groups is 2. The number of aliphatic carboxylic acids is 4. The Morgan fingerprint density at radius 1 is 0.622 bits per heavy atom. The summed E-state index contributed by atoms with van der Waals surface area (Å²) < 4.78 is 12.4. The van der Waals surface area contributed by atoms with Crippen molar-refractivity contribution in [2.45, 2.75) is 18.7 Å². The van der Waals surface area contributed by atoms with E-state index in [0.717, 1.165) is 9.80 Å². The Morgan fingerprint density at radius 3 is 1.47 bits per heavy atom. The molecule has 0 bridgehead atoms. The quantitative estimate of drug-likeness (QED) is 0.158. The molecule has 2 aliphatic heterocycles. The Bertz CT molecular complexity index is 1630. The van der Waals surface area contributed by atoms with Gasteiger partial charge in [-0.3, -0.25) is 29.0 Å². The van der Waals surface area contributed by atoms with Crippen LogP contribution >= 0.6 is 0 Å². The molecule has 45 heavy (non-hydrogen) atoms. The lowest BCUT2D eigenvalue weighted by Gasteiger charge is -2.39. The molecule has 2 aliphatic rings. The number of phenolic OH excluding ortho intramolecular Hbond substituents is 2. The second-order valence-electron chi connectivity index (χ2n) is 10.5. The molecule has 0 saturated carbocycles. The maximum Gasteiger partial charge on any atom is 0.340 e. The number of benzene rings is 3. The summed E-state index contributed by atoms with van der Waals surface area (Å²) in [6.07, 6.45) is 0. The van der Waals surface area contributed by atoms with E-state index in [4.69, 9.17) is 9.47 Å². The van der Waals surface area contributed by atoms with Crippen molar-refractivity contribution in [3.8, 4) is 23.0 Å². The number of ether oxygens (including phenoxy) is 2. The number of esters is 1. The normalized spacial score (nSPS) is 14.0. The van der Waals surface area contributed by atoms with Crippen LogP contribution in [0.25, 0.3) is 0 Å². The Kier molecular flexibility index (Phi) is 8.06. The maximum atomic E-state index is 13.3. The van der Waals surface area contributed by atoms with E-state index in [1.807, 2.05) is 0 Å². The summed E-state index contributed by atoms with van der Waals surface area (Å²) >= 11 is 0. The van der Waals surface area contributed by atoms with Gasteiger partial charge in [0, 0.05) is 29.8 Å². The molecular weight excluding hydrogens is 596 g/mol. The van der Waals surface area contributed by atoms with Crippen molar-refractivity contribution in [1.82, 2.24) is 9.80 Å². The molecule has 234 valence electrons. The van der Waals surface area contributed by atoms with E-state index >= 15 is 0 Å². The van der Waals surface area contributed by atoms with Gasteiger partial charge in [0.15, 0.2) is 5.60 Å². The highest BCUT2D eigenvalue weighted by atomic mass is 16.6. The van der Waals surface area contributed by atoms with Gasteiger partial charge in [-0.15, -0.1) is 0 Å². The molecular formula is C30H26N2O13. The predicted octanol–water partition coefficient (Wildman–Crippen LogP) is 1.61. The summed E-state index contributed by atoms with van der Waals surface area (Å²) in [6.45, 7) is -3.79. The minimum Gasteiger partial charge on any atom is -0.507 e. The minimum atomic E-state index is -1.75. The molecule has 3 aromatic rings. The van der Waals surface area contributed by atoms with E-state index < -0.39 is 86.2 Å². The fraction of sp³-hybridized carbons (Fsp3) is 0.233. The number of carboxylic acid groups (broad SMARTS) is 4. The Hall–Kier alpha value is -5.67. The monoisotopic (exact) mass is 622 g/mol. The fourth-order valence-corrected chi connectivity index (χ4v) is 5.74. The van der Waals surface area contributed by atoms with Crippen molar-refractivity contribution in [3.63, 3.8) is 0 Å². The average molecular weight is 623 g/mol. The molecule has 0 unspecified atom stereocenters. The second-order valence-corrected chi connectivity index (χ2v) is 10.5. The van der Waals surface area contributed by atoms with Gasteiger partial charge in [-0.1, -0.05) is 18.2 Å². The zero-order chi connectivity index (χ0) is 32.6. The smallest absolute Gasteiger partial charge is 0.340 e. The highest BCUT2D eigenvalue weighted by molar-refractivity contribution is 5.97. The van der Waals surface area contributed by atoms with E-state index in [9.17, 15) is 54.6 Å². The highest BCUT2D eigenvalue weighted by Crippen LogP contribution is 2.59. The van der Waals surface area contributed by atoms with Crippen molar-refractivity contribution in [3.05, 3.63) is 81.9 Å². The SMILES string of the molecule is O=C(O)CN(CC(=O)O)Cc1c(O)ccc2c1Oc1c(ccc(O)c1CN(CC(=O)O)CC(=O)O)C21OC(=O)c2ccccc21. The van der Waals surface area contributed by atoms with Gasteiger partial charge in [0.05, 0.1) is 42.9 Å². The molecule has 6 N–H and O–H groups in total. The van der Waals surface area contributed by atoms with Crippen molar-refractivity contribution < 1.29 is 64.1 Å². The number of nitrogens with zero attached hydrogens (tertiary/aromatic N) is 2. The van der Waals surface area contributed by atoms with Crippen molar-refractivity contribution in [2.24, 2.45) is 0 Å². The van der Waals surface area contributed by atoms with Crippen molar-refractivity contribution in [2.75, 3.05) is 26.2 Å². The van der Waals surface area contributed by atoms with Gasteiger partial charge in [-0.2, -0.15) is 0 Å². The molecule has 15 heteroatoms. The van der Waals surface area contributed by atoms with E-state index in [-0.39, 0.29) is 39.3 Å². The molecule has 0 saturated heterocycles. The summed E-state index contributed by atoms with van der Waals surface area (Å²) in [7, 11) is 0. The zero-order valence-electron chi connectivity index (χ0n) is 23.3. The highest BCUT2D eigenvalue weighted by Gasteiger charge is 2.54. The number of phenols is 2. The largest absolute Gasteiger partial charge is 0.507 e. The Morgan fingerprint density at radius 2 is 1.04 bits per heavy atom. The number of carboxylic acids is 4. The van der Waals surface area contributed by atoms with E-state index in [0.29, 0.717) is 5.56 Å². The van der Waals surface area contributed by atoms with E-state index in [1.54, 1.807) is 18.2 Å². The first-order valence-electron chi connectivity index (χ1n) is 13.3. The topological polar surface area (TPSA) is 232 Å². The molecule has 0 aliphatic carbocycles. The molecule has 3 aromatic carbocycles. The molecule has 0 aromatic heterocycles. The molecule has 0 amide bonds. The Balaban J connectivity index is 1.77. The van der Waals surface area contributed by atoms with Gasteiger partial charge in [0.2, 0.25) is 0 Å². The van der Waals surface area contributed by atoms with Crippen LogP contribution in [-0.4, -0.2) is 96.5 Å². The third-order valence-electron chi connectivity index (χ3n) is 7.41. The van der Waals surface area contributed by atoms with E-state index in [2.05, 4.69) is 0 Å². The van der Waals surface area contributed by atoms with Crippen LogP contribution in [-0.2, 0) is 42.6 Å². The van der Waals surface area contributed by atoms with Crippen LogP contribution in [0, 0.1) is 0 Å². The van der Waals surface area contributed by atoms with Crippen LogP contribution < -0.4 is 4.74 Å². The first-order chi connectivity index (χ1) is 21.3. The van der Waals surface area contributed by atoms with E-state index in [1.165, 1.54) is 30.3 Å². The lowest BCUT2D eigenvalue weighted by Crippen LogP contribution is -2.37. The van der Waals surface area contributed by atoms with Crippen molar-refractivity contribution in [1.29, 1.82) is 0 Å². The van der Waals surface area contributed by atoms with Gasteiger partial charge in [-0.25, -0.2) is 4.79 Å². The number of carbonyl (C=O) groups is 5. The second kappa shape index (κ2) is 11.8. The molecule has 0 radical (unpaired) electrons. The lowest BCUT2D eigenvalue weighted by atomic mass is 9.76. The number of hydrogen-bond acceptors (Lipinski definition) is 11. The first kappa shape index (κ1) is 30.8. The van der Waals surface area contributed by atoms with Gasteiger partial charge < -0.3 is 40.1 Å². The number of carbonyl (C=O) groups excluding carboxylic acids is 1. The van der Waals surface area contributed by atoms with Gasteiger partial charge in [0.25, 0.3) is 0 Å². The average Bonchev–Trinajstić information content (AvgIpc) is 3.23. The van der Waals surface area contributed by atoms with Gasteiger partial charge >= 0.3 is 29.8 Å². The third-order valence-corrected chi connectivity index (χ3v) is 7.41. The molecule has 15 nitrogen and oxygen atoms in total. The van der Waals surface area contributed by atoms with Crippen LogP contribution in [0.1, 0.15) is 38.2 Å². The van der Waals surface area contributed by atoms with Crippen LogP contribution in [0.15, 0.2) is 48.5 Å². The molecule has 0 atom stereocenters. The summed E-state index contributed by atoms with van der Waals surface area (Å²) in [5, 5.41) is 59.5. The molecule has 5 rings (SSSR count). The third kappa shape index (κ3) is 5.69. The standard InChI is InChI=1S/C30H26N2O13/c33-21-7-5-19-27(16(21)9-31(11-23(35)36)12-24(37)38)44-28-17(10-32(13-25(39)40)14-26(41)42)22(34)8-6-20(28)30(19)18-4-2-1-3-15(18)29(43)45-30/h1-8,33-34H,9-14H2,(H,35,36)(H,37,38)(H,39,40)(H,41,42). The van der Waals surface area contributed by atoms with Crippen LogP contribution in [0.3, 0.4) is 0 Å². The first-order valence-corrected chi connectivity index (χ1v) is 13.3. The molecule has 1 spiro atoms. The summed E-state index contributed by atoms with van der Waals surface area (Å²) in [5.74, 6) is -7.18. The number of rotatable bonds is 12. The lowest BCUT2D eigenvalue weighted by molar-refractivity contribution is -0.144. The maximum absolute atomic E-state index is 13.3. The molecule has 2 heterocycles.